The van der Waals surface area contributed by atoms with Crippen molar-refractivity contribution in [2.24, 2.45) is 0 Å². The van der Waals surface area contributed by atoms with E-state index in [0.29, 0.717) is 24.4 Å². The Morgan fingerprint density at radius 3 is 2.89 bits per heavy atom. The van der Waals surface area contributed by atoms with E-state index in [0.717, 1.165) is 5.69 Å². The smallest absolute Gasteiger partial charge is 0.214 e. The molecule has 0 spiro atoms. The molecule has 3 nitrogen and oxygen atoms in total. The molecule has 0 saturated heterocycles. The van der Waals surface area contributed by atoms with Gasteiger partial charge in [0.25, 0.3) is 0 Å². The molecule has 0 aliphatic rings. The lowest BCUT2D eigenvalue weighted by Gasteiger charge is -2.08. The number of pyridine rings is 1. The minimum Gasteiger partial charge on any atom is -0.481 e. The van der Waals surface area contributed by atoms with Crippen molar-refractivity contribution in [3.05, 3.63) is 54.0 Å². The second kappa shape index (κ2) is 6.00. The van der Waals surface area contributed by atoms with E-state index in [1.807, 2.05) is 12.1 Å². The highest BCUT2D eigenvalue weighted by Crippen LogP contribution is 2.13. The molecule has 0 amide bonds. The Kier molecular flexibility index (Phi) is 4.12. The molecule has 1 heterocycles. The van der Waals surface area contributed by atoms with Crippen molar-refractivity contribution in [3.63, 3.8) is 0 Å². The van der Waals surface area contributed by atoms with Crippen LogP contribution in [0.2, 0.25) is 0 Å². The number of ether oxygens (including phenoxy) is 1. The number of nitrogens with zero attached hydrogens (tertiary/aromatic N) is 1. The van der Waals surface area contributed by atoms with Crippen LogP contribution in [0, 0.1) is 5.82 Å². The number of hydrogen-bond acceptors (Lipinski definition) is 3. The number of halogens is 1. The van der Waals surface area contributed by atoms with Crippen LogP contribution in [0.1, 0.15) is 5.56 Å². The van der Waals surface area contributed by atoms with Crippen LogP contribution in [-0.4, -0.2) is 18.6 Å². The summed E-state index contributed by atoms with van der Waals surface area (Å²) < 4.78 is 18.4. The van der Waals surface area contributed by atoms with Gasteiger partial charge in [0.15, 0.2) is 0 Å². The van der Waals surface area contributed by atoms with Crippen LogP contribution in [0.3, 0.4) is 0 Å². The predicted octanol–water partition coefficient (Wildman–Crippen LogP) is 2.88. The molecular formula is C14H15FN2O. The zero-order valence-electron chi connectivity index (χ0n) is 10.2. The Labute approximate surface area is 106 Å². The maximum absolute atomic E-state index is 13.4. The maximum Gasteiger partial charge on any atom is 0.214 e. The van der Waals surface area contributed by atoms with E-state index >= 15 is 0 Å². The van der Waals surface area contributed by atoms with Crippen LogP contribution < -0.4 is 10.1 Å². The van der Waals surface area contributed by atoms with Crippen molar-refractivity contribution in [1.82, 2.24) is 4.98 Å². The van der Waals surface area contributed by atoms with E-state index in [4.69, 9.17) is 4.74 Å². The van der Waals surface area contributed by atoms with Gasteiger partial charge in [0.2, 0.25) is 5.88 Å². The monoisotopic (exact) mass is 246 g/mol. The van der Waals surface area contributed by atoms with E-state index in [1.54, 1.807) is 31.5 Å². The Morgan fingerprint density at radius 1 is 1.28 bits per heavy atom. The number of rotatable bonds is 5. The molecule has 0 radical (unpaired) electrons. The Hall–Kier alpha value is -2.10. The van der Waals surface area contributed by atoms with E-state index in [2.05, 4.69) is 10.3 Å². The van der Waals surface area contributed by atoms with Crippen molar-refractivity contribution in [2.75, 3.05) is 19.0 Å². The van der Waals surface area contributed by atoms with Crippen molar-refractivity contribution in [1.29, 1.82) is 0 Å². The first-order chi connectivity index (χ1) is 8.79. The molecule has 1 aromatic carbocycles. The molecule has 0 fully saturated rings. The average Bonchev–Trinajstić information content (AvgIpc) is 2.41. The number of hydrogen-bond donors (Lipinski definition) is 1. The van der Waals surface area contributed by atoms with Crippen LogP contribution in [0.5, 0.6) is 5.88 Å². The minimum absolute atomic E-state index is 0.161. The Balaban J connectivity index is 1.90. The molecule has 0 bridgehead atoms. The lowest BCUT2D eigenvalue weighted by molar-refractivity contribution is 0.398. The van der Waals surface area contributed by atoms with Gasteiger partial charge < -0.3 is 10.1 Å². The summed E-state index contributed by atoms with van der Waals surface area (Å²) >= 11 is 0. The van der Waals surface area contributed by atoms with Gasteiger partial charge in [-0.25, -0.2) is 9.37 Å². The molecule has 18 heavy (non-hydrogen) atoms. The van der Waals surface area contributed by atoms with Gasteiger partial charge in [-0.3, -0.25) is 0 Å². The van der Waals surface area contributed by atoms with Crippen molar-refractivity contribution < 1.29 is 9.13 Å². The van der Waals surface area contributed by atoms with Gasteiger partial charge in [-0.05, 0) is 24.1 Å². The van der Waals surface area contributed by atoms with Crippen LogP contribution >= 0.6 is 0 Å². The summed E-state index contributed by atoms with van der Waals surface area (Å²) in [5.74, 6) is 0.400. The number of benzene rings is 1. The summed E-state index contributed by atoms with van der Waals surface area (Å²) in [6, 6.07) is 10.5. The number of aromatic nitrogens is 1. The average molecular weight is 246 g/mol. The number of anilines is 1. The molecule has 0 unspecified atom stereocenters. The SMILES string of the molecule is COc1cc(NCCc2ccccc2F)ccn1. The standard InChI is InChI=1S/C14H15FN2O/c1-18-14-10-12(7-9-17-14)16-8-6-11-4-2-3-5-13(11)15/h2-5,7,9-10H,6,8H2,1H3,(H,16,17). The molecule has 2 rings (SSSR count). The fraction of sp³-hybridized carbons (Fsp3) is 0.214. The third kappa shape index (κ3) is 3.20. The van der Waals surface area contributed by atoms with Crippen LogP contribution in [-0.2, 0) is 6.42 Å². The van der Waals surface area contributed by atoms with Crippen LogP contribution in [0.15, 0.2) is 42.6 Å². The second-order valence-electron chi connectivity index (χ2n) is 3.86. The molecular weight excluding hydrogens is 231 g/mol. The summed E-state index contributed by atoms with van der Waals surface area (Å²) in [7, 11) is 1.57. The third-order valence-electron chi connectivity index (χ3n) is 2.63. The van der Waals surface area contributed by atoms with Crippen molar-refractivity contribution >= 4 is 5.69 Å². The molecule has 1 aromatic heterocycles. The molecule has 0 atom stereocenters. The molecule has 94 valence electrons. The van der Waals surface area contributed by atoms with Crippen LogP contribution in [0.25, 0.3) is 0 Å². The van der Waals surface area contributed by atoms with E-state index < -0.39 is 0 Å². The number of methoxy groups -OCH3 is 1. The first-order valence-corrected chi connectivity index (χ1v) is 5.77. The quantitative estimate of drug-likeness (QED) is 0.880. The van der Waals surface area contributed by atoms with Gasteiger partial charge in [0, 0.05) is 24.5 Å². The normalized spacial score (nSPS) is 10.1. The largest absolute Gasteiger partial charge is 0.481 e. The number of nitrogens with one attached hydrogen (secondary N) is 1. The fourth-order valence-electron chi connectivity index (χ4n) is 1.67. The Morgan fingerprint density at radius 2 is 2.11 bits per heavy atom. The summed E-state index contributed by atoms with van der Waals surface area (Å²) in [4.78, 5) is 4.02. The predicted molar refractivity (Wildman–Crippen MR) is 69.4 cm³/mol. The zero-order valence-corrected chi connectivity index (χ0v) is 10.2. The second-order valence-corrected chi connectivity index (χ2v) is 3.86. The van der Waals surface area contributed by atoms with E-state index in [-0.39, 0.29) is 5.82 Å². The Bertz CT molecular complexity index is 517. The molecule has 4 heteroatoms. The van der Waals surface area contributed by atoms with Gasteiger partial charge in [0.05, 0.1) is 7.11 Å². The summed E-state index contributed by atoms with van der Waals surface area (Å²) in [5, 5.41) is 3.21. The lowest BCUT2D eigenvalue weighted by Crippen LogP contribution is -2.06. The summed E-state index contributed by atoms with van der Waals surface area (Å²) in [5.41, 5.74) is 1.63. The highest BCUT2D eigenvalue weighted by Gasteiger charge is 2.00. The minimum atomic E-state index is -0.161. The van der Waals surface area contributed by atoms with Crippen LogP contribution in [0.4, 0.5) is 10.1 Å². The van der Waals surface area contributed by atoms with Gasteiger partial charge >= 0.3 is 0 Å². The molecule has 0 aliphatic heterocycles. The first-order valence-electron chi connectivity index (χ1n) is 5.77. The maximum atomic E-state index is 13.4. The van der Waals surface area contributed by atoms with Crippen molar-refractivity contribution in [3.8, 4) is 5.88 Å². The topological polar surface area (TPSA) is 34.1 Å². The van der Waals surface area contributed by atoms with Crippen molar-refractivity contribution in [2.45, 2.75) is 6.42 Å². The molecule has 0 saturated carbocycles. The highest BCUT2D eigenvalue weighted by atomic mass is 19.1. The molecule has 2 aromatic rings. The third-order valence-corrected chi connectivity index (χ3v) is 2.63. The zero-order chi connectivity index (χ0) is 12.8. The summed E-state index contributed by atoms with van der Waals surface area (Å²) in [6.45, 7) is 0.661. The van der Waals surface area contributed by atoms with Gasteiger partial charge in [-0.2, -0.15) is 0 Å². The first kappa shape index (κ1) is 12.4. The lowest BCUT2D eigenvalue weighted by atomic mass is 10.1. The van der Waals surface area contributed by atoms with E-state index in [9.17, 15) is 4.39 Å². The van der Waals surface area contributed by atoms with Gasteiger partial charge in [-0.1, -0.05) is 18.2 Å². The molecule has 1 N–H and O–H groups in total. The van der Waals surface area contributed by atoms with Gasteiger partial charge in [0.1, 0.15) is 5.82 Å². The van der Waals surface area contributed by atoms with Gasteiger partial charge in [-0.15, -0.1) is 0 Å². The fourth-order valence-corrected chi connectivity index (χ4v) is 1.67. The molecule has 0 aliphatic carbocycles. The van der Waals surface area contributed by atoms with E-state index in [1.165, 1.54) is 6.07 Å². The summed E-state index contributed by atoms with van der Waals surface area (Å²) in [6.07, 6.45) is 2.31. The highest BCUT2D eigenvalue weighted by molar-refractivity contribution is 5.45.